The number of nitrogens with one attached hydrogen (secondary N) is 1. The fraction of sp³-hybridized carbons (Fsp3) is 0.333. The van der Waals surface area contributed by atoms with E-state index in [0.717, 1.165) is 21.7 Å². The average Bonchev–Trinajstić information content (AvgIpc) is 2.20. The van der Waals surface area contributed by atoms with Crippen molar-refractivity contribution in [1.29, 1.82) is 0 Å². The second kappa shape index (κ2) is 4.18. The fourth-order valence-corrected chi connectivity index (χ4v) is 1.66. The number of aryl methyl sites for hydroxylation is 1. The Morgan fingerprint density at radius 2 is 1.79 bits per heavy atom. The van der Waals surface area contributed by atoms with Gasteiger partial charge in [0, 0.05) is 23.2 Å². The van der Waals surface area contributed by atoms with Gasteiger partial charge in [0.15, 0.2) is 0 Å². The van der Waals surface area contributed by atoms with Gasteiger partial charge in [-0.2, -0.15) is 0 Å². The third-order valence-corrected chi connectivity index (χ3v) is 2.42. The molecule has 0 saturated heterocycles. The van der Waals surface area contributed by atoms with Gasteiger partial charge in [-0.3, -0.25) is 0 Å². The van der Waals surface area contributed by atoms with Crippen molar-refractivity contribution >= 4 is 17.8 Å². The minimum atomic E-state index is 0.375. The molecule has 0 fully saturated rings. The zero-order chi connectivity index (χ0) is 10.7. The van der Waals surface area contributed by atoms with E-state index in [0.29, 0.717) is 5.75 Å². The van der Waals surface area contributed by atoms with Gasteiger partial charge in [-0.25, -0.2) is 0 Å². The van der Waals surface area contributed by atoms with Crippen LogP contribution in [0.25, 0.3) is 12.2 Å². The van der Waals surface area contributed by atoms with Crippen LogP contribution in [0.5, 0.6) is 5.75 Å². The van der Waals surface area contributed by atoms with Crippen molar-refractivity contribution in [3.05, 3.63) is 22.1 Å². The lowest BCUT2D eigenvalue weighted by atomic mass is 10.1. The molecule has 0 aliphatic carbocycles. The summed E-state index contributed by atoms with van der Waals surface area (Å²) in [6.07, 6.45) is 3.93. The van der Waals surface area contributed by atoms with Crippen molar-refractivity contribution in [3.8, 4) is 5.75 Å². The molecule has 0 spiro atoms. The highest BCUT2D eigenvalue weighted by Crippen LogP contribution is 2.11. The Balaban J connectivity index is 3.80. The Labute approximate surface area is 84.6 Å². The normalized spacial score (nSPS) is 13.4. The lowest BCUT2D eigenvalue weighted by molar-refractivity contribution is 0.466. The number of phenols is 1. The van der Waals surface area contributed by atoms with Gasteiger partial charge < -0.3 is 10.4 Å². The average molecular weight is 191 g/mol. The molecule has 2 heteroatoms. The van der Waals surface area contributed by atoms with Crippen molar-refractivity contribution in [2.75, 3.05) is 12.4 Å². The highest BCUT2D eigenvalue weighted by atomic mass is 16.3. The van der Waals surface area contributed by atoms with Crippen LogP contribution in [0.1, 0.15) is 19.4 Å². The van der Waals surface area contributed by atoms with E-state index >= 15 is 0 Å². The van der Waals surface area contributed by atoms with E-state index in [9.17, 15) is 5.11 Å². The van der Waals surface area contributed by atoms with Crippen LogP contribution >= 0.6 is 0 Å². The second-order valence-corrected chi connectivity index (χ2v) is 3.24. The first kappa shape index (κ1) is 10.6. The summed E-state index contributed by atoms with van der Waals surface area (Å²) in [7, 11) is 1.89. The van der Waals surface area contributed by atoms with E-state index in [4.69, 9.17) is 0 Å². The molecule has 0 atom stereocenters. The Bertz CT molecular complexity index is 446. The summed E-state index contributed by atoms with van der Waals surface area (Å²) in [4.78, 5) is 0. The minimum absolute atomic E-state index is 0.375. The van der Waals surface area contributed by atoms with Crippen LogP contribution < -0.4 is 15.8 Å². The minimum Gasteiger partial charge on any atom is -0.507 e. The van der Waals surface area contributed by atoms with E-state index in [1.165, 1.54) is 0 Å². The van der Waals surface area contributed by atoms with Crippen molar-refractivity contribution < 1.29 is 5.11 Å². The molecule has 0 amide bonds. The third-order valence-electron chi connectivity index (χ3n) is 2.42. The lowest BCUT2D eigenvalue weighted by Gasteiger charge is -2.07. The van der Waals surface area contributed by atoms with Crippen LogP contribution in [0.3, 0.4) is 0 Å². The Hall–Kier alpha value is -1.44. The quantitative estimate of drug-likeness (QED) is 0.657. The number of hydrogen-bond acceptors (Lipinski definition) is 2. The summed E-state index contributed by atoms with van der Waals surface area (Å²) in [5, 5.41) is 14.9. The van der Waals surface area contributed by atoms with Crippen LogP contribution in [-0.4, -0.2) is 12.2 Å². The molecule has 0 unspecified atom stereocenters. The van der Waals surface area contributed by atoms with E-state index in [2.05, 4.69) is 5.32 Å². The molecule has 0 aromatic heterocycles. The Kier molecular flexibility index (Phi) is 3.18. The molecule has 0 heterocycles. The van der Waals surface area contributed by atoms with Gasteiger partial charge in [0.25, 0.3) is 0 Å². The van der Waals surface area contributed by atoms with Gasteiger partial charge in [0.2, 0.25) is 0 Å². The highest BCUT2D eigenvalue weighted by Gasteiger charge is 2.02. The van der Waals surface area contributed by atoms with Gasteiger partial charge in [-0.1, -0.05) is 12.2 Å². The SMILES string of the molecule is C/C=c1/c(NC)cc(C)c(O)/c1=C/C. The molecule has 1 aromatic carbocycles. The molecule has 0 bridgehead atoms. The molecule has 1 aromatic rings. The third kappa shape index (κ3) is 1.60. The van der Waals surface area contributed by atoms with Crippen molar-refractivity contribution in [3.63, 3.8) is 0 Å². The number of aromatic hydroxyl groups is 1. The highest BCUT2D eigenvalue weighted by molar-refractivity contribution is 5.56. The van der Waals surface area contributed by atoms with Crippen LogP contribution in [-0.2, 0) is 0 Å². The number of rotatable bonds is 1. The Morgan fingerprint density at radius 3 is 2.21 bits per heavy atom. The molecule has 2 N–H and O–H groups in total. The first-order chi connectivity index (χ1) is 6.65. The van der Waals surface area contributed by atoms with Crippen LogP contribution in [0.2, 0.25) is 0 Å². The number of phenolic OH excluding ortho intramolecular Hbond substituents is 1. The molecule has 14 heavy (non-hydrogen) atoms. The van der Waals surface area contributed by atoms with E-state index in [-0.39, 0.29) is 0 Å². The Morgan fingerprint density at radius 1 is 1.21 bits per heavy atom. The molecule has 2 nitrogen and oxygen atoms in total. The number of hydrogen-bond donors (Lipinski definition) is 2. The van der Waals surface area contributed by atoms with Crippen molar-refractivity contribution in [1.82, 2.24) is 0 Å². The maximum absolute atomic E-state index is 9.85. The van der Waals surface area contributed by atoms with Gasteiger partial charge in [0.1, 0.15) is 5.75 Å². The molecular weight excluding hydrogens is 174 g/mol. The first-order valence-corrected chi connectivity index (χ1v) is 4.78. The van der Waals surface area contributed by atoms with E-state index < -0.39 is 0 Å². The molecular formula is C12H17NO. The molecule has 0 radical (unpaired) electrons. The predicted molar refractivity (Wildman–Crippen MR) is 61.9 cm³/mol. The number of anilines is 1. The van der Waals surface area contributed by atoms with E-state index in [1.807, 2.05) is 46.0 Å². The topological polar surface area (TPSA) is 32.3 Å². The zero-order valence-corrected chi connectivity index (χ0v) is 9.18. The summed E-state index contributed by atoms with van der Waals surface area (Å²) < 4.78 is 0. The van der Waals surface area contributed by atoms with Gasteiger partial charge in [-0.05, 0) is 32.4 Å². The standard InChI is InChI=1S/C12H17NO/c1-5-9-10(6-2)12(14)8(3)7-11(9)13-4/h5-7,13-14H,1-4H3/b9-5+,10-6+. The van der Waals surface area contributed by atoms with Crippen LogP contribution in [0, 0.1) is 6.92 Å². The maximum Gasteiger partial charge on any atom is 0.126 e. The van der Waals surface area contributed by atoms with Crippen molar-refractivity contribution in [2.24, 2.45) is 0 Å². The maximum atomic E-state index is 9.85. The van der Waals surface area contributed by atoms with Gasteiger partial charge >= 0.3 is 0 Å². The summed E-state index contributed by atoms with van der Waals surface area (Å²) in [5.41, 5.74) is 1.95. The predicted octanol–water partition coefficient (Wildman–Crippen LogP) is 1.34. The largest absolute Gasteiger partial charge is 0.507 e. The summed E-state index contributed by atoms with van der Waals surface area (Å²) in [5.74, 6) is 0.375. The zero-order valence-electron chi connectivity index (χ0n) is 9.18. The van der Waals surface area contributed by atoms with Crippen LogP contribution in [0.4, 0.5) is 5.69 Å². The summed E-state index contributed by atoms with van der Waals surface area (Å²) in [6.45, 7) is 5.81. The smallest absolute Gasteiger partial charge is 0.126 e. The summed E-state index contributed by atoms with van der Waals surface area (Å²) >= 11 is 0. The summed E-state index contributed by atoms with van der Waals surface area (Å²) in [6, 6.07) is 1.96. The molecule has 0 aliphatic heterocycles. The van der Waals surface area contributed by atoms with Crippen molar-refractivity contribution in [2.45, 2.75) is 20.8 Å². The number of benzene rings is 1. The van der Waals surface area contributed by atoms with Gasteiger partial charge in [-0.15, -0.1) is 0 Å². The van der Waals surface area contributed by atoms with Crippen LogP contribution in [0.15, 0.2) is 6.07 Å². The lowest BCUT2D eigenvalue weighted by Crippen LogP contribution is -2.28. The molecule has 1 rings (SSSR count). The second-order valence-electron chi connectivity index (χ2n) is 3.24. The van der Waals surface area contributed by atoms with Gasteiger partial charge in [0.05, 0.1) is 0 Å². The monoisotopic (exact) mass is 191 g/mol. The van der Waals surface area contributed by atoms with E-state index in [1.54, 1.807) is 0 Å². The first-order valence-electron chi connectivity index (χ1n) is 4.78. The molecule has 76 valence electrons. The fourth-order valence-electron chi connectivity index (χ4n) is 1.66. The molecule has 0 aliphatic rings. The molecule has 0 saturated carbocycles.